The van der Waals surface area contributed by atoms with Gasteiger partial charge in [0, 0.05) is 0 Å². The number of allylic oxidation sites excluding steroid dienone is 4. The smallest absolute Gasteiger partial charge is 0.249 e. The summed E-state index contributed by atoms with van der Waals surface area (Å²) in [6.07, 6.45) is 49.5. The van der Waals surface area contributed by atoms with Crippen molar-refractivity contribution in [3.8, 4) is 0 Å². The van der Waals surface area contributed by atoms with Crippen LogP contribution in [0.1, 0.15) is 290 Å². The molecule has 9 unspecified atom stereocenters. The summed E-state index contributed by atoms with van der Waals surface area (Å²) in [4.78, 5) is 13.2. The summed E-state index contributed by atoms with van der Waals surface area (Å²) in [6, 6.07) is -1.19. The predicted octanol–water partition coefficient (Wildman–Crippen LogP) is 13.3. The SMILES string of the molecule is CCCCCCCCCCCC/C=C\CCCCCCCCC(O)C(=O)NC(COC1OC(CO)C(O)C(O)C1O)C(O)C(O)CCC/C=C/CCCCCCCCCCCCCCCCCCCCCC. The van der Waals surface area contributed by atoms with E-state index in [1.165, 1.54) is 193 Å². The average Bonchev–Trinajstić information content (AvgIpc) is 3.38. The second-order valence-corrected chi connectivity index (χ2v) is 21.8. The van der Waals surface area contributed by atoms with Crippen molar-refractivity contribution in [3.05, 3.63) is 24.3 Å². The van der Waals surface area contributed by atoms with Gasteiger partial charge in [-0.1, -0.05) is 250 Å². The lowest BCUT2D eigenvalue weighted by Crippen LogP contribution is -2.60. The van der Waals surface area contributed by atoms with E-state index < -0.39 is 74.2 Å². The van der Waals surface area contributed by atoms with Crippen molar-refractivity contribution in [1.82, 2.24) is 5.32 Å². The number of unbranched alkanes of at least 4 members (excludes halogenated alkanes) is 37. The van der Waals surface area contributed by atoms with E-state index in [0.29, 0.717) is 12.8 Å². The Kier molecular flexibility index (Phi) is 48.0. The number of hydrogen-bond donors (Lipinski definition) is 8. The van der Waals surface area contributed by atoms with Gasteiger partial charge in [0.15, 0.2) is 6.29 Å². The van der Waals surface area contributed by atoms with Crippen LogP contribution < -0.4 is 5.32 Å². The zero-order valence-electron chi connectivity index (χ0n) is 46.7. The second-order valence-electron chi connectivity index (χ2n) is 21.8. The minimum atomic E-state index is -1.67. The summed E-state index contributed by atoms with van der Waals surface area (Å²) < 4.78 is 11.1. The Hall–Kier alpha value is -1.41. The molecule has 0 spiro atoms. The van der Waals surface area contributed by atoms with Gasteiger partial charge in [0.25, 0.3) is 0 Å². The van der Waals surface area contributed by atoms with Gasteiger partial charge in [0.2, 0.25) is 5.91 Å². The molecule has 11 nitrogen and oxygen atoms in total. The molecule has 0 aromatic carbocycles. The van der Waals surface area contributed by atoms with Crippen LogP contribution in [0, 0.1) is 0 Å². The summed E-state index contributed by atoms with van der Waals surface area (Å²) >= 11 is 0. The van der Waals surface area contributed by atoms with Gasteiger partial charge < -0.3 is 50.5 Å². The number of nitrogens with one attached hydrogen (secondary N) is 1. The molecule has 72 heavy (non-hydrogen) atoms. The van der Waals surface area contributed by atoms with E-state index >= 15 is 0 Å². The standard InChI is InChI=1S/C61H117NO10/c1-3-5-7-9-11-13-15-17-19-21-23-25-26-27-28-29-31-32-34-36-38-40-42-44-46-48-53(64)56(66)52(51-71-61-59(69)58(68)57(67)55(50-63)72-61)62-60(70)54(65)49-47-45-43-41-39-37-35-33-30-24-22-20-18-16-14-12-10-8-6-4-2/h30,33,40,42,52-59,61,63-69H,3-29,31-32,34-39,41,43-51H2,1-2H3,(H,62,70)/b33-30-,42-40+. The van der Waals surface area contributed by atoms with E-state index in [1.807, 2.05) is 0 Å². The fourth-order valence-electron chi connectivity index (χ4n) is 9.97. The first-order valence-electron chi connectivity index (χ1n) is 30.7. The number of aliphatic hydroxyl groups is 7. The topological polar surface area (TPSA) is 189 Å². The van der Waals surface area contributed by atoms with Gasteiger partial charge in [-0.3, -0.25) is 4.79 Å². The fourth-order valence-corrected chi connectivity index (χ4v) is 9.97. The quantitative estimate of drug-likeness (QED) is 0.0215. The monoisotopic (exact) mass is 1020 g/mol. The Bertz CT molecular complexity index is 1220. The molecular weight excluding hydrogens is 907 g/mol. The van der Waals surface area contributed by atoms with Crippen molar-refractivity contribution in [2.24, 2.45) is 0 Å². The summed E-state index contributed by atoms with van der Waals surface area (Å²) in [5.41, 5.74) is 0. The number of carbonyl (C=O) groups is 1. The Balaban J connectivity index is 2.30. The van der Waals surface area contributed by atoms with Crippen LogP contribution in [-0.2, 0) is 14.3 Å². The van der Waals surface area contributed by atoms with Crippen molar-refractivity contribution < 1.29 is 50.0 Å². The van der Waals surface area contributed by atoms with E-state index in [-0.39, 0.29) is 12.8 Å². The lowest BCUT2D eigenvalue weighted by Gasteiger charge is -2.40. The maximum Gasteiger partial charge on any atom is 0.249 e. The highest BCUT2D eigenvalue weighted by Crippen LogP contribution is 2.23. The van der Waals surface area contributed by atoms with Crippen LogP contribution in [0.5, 0.6) is 0 Å². The molecule has 0 radical (unpaired) electrons. The second kappa shape index (κ2) is 50.4. The Labute approximate surface area is 442 Å². The van der Waals surface area contributed by atoms with E-state index in [0.717, 1.165) is 57.8 Å². The Morgan fingerprint density at radius 1 is 0.472 bits per heavy atom. The molecule has 1 amide bonds. The zero-order valence-corrected chi connectivity index (χ0v) is 46.7. The van der Waals surface area contributed by atoms with E-state index in [9.17, 15) is 40.5 Å². The molecule has 0 aromatic rings. The van der Waals surface area contributed by atoms with Crippen molar-refractivity contribution in [2.45, 2.75) is 345 Å². The van der Waals surface area contributed by atoms with E-state index in [1.54, 1.807) is 0 Å². The van der Waals surface area contributed by atoms with Crippen LogP contribution >= 0.6 is 0 Å². The van der Waals surface area contributed by atoms with Gasteiger partial charge in [0.05, 0.1) is 25.4 Å². The molecule has 1 saturated heterocycles. The van der Waals surface area contributed by atoms with Crippen LogP contribution in [0.4, 0.5) is 0 Å². The molecule has 1 rings (SSSR count). The maximum atomic E-state index is 13.2. The van der Waals surface area contributed by atoms with Crippen LogP contribution in [0.25, 0.3) is 0 Å². The molecule has 0 aliphatic carbocycles. The first-order chi connectivity index (χ1) is 35.2. The first kappa shape index (κ1) is 68.6. The summed E-state index contributed by atoms with van der Waals surface area (Å²) in [6.45, 7) is 3.48. The first-order valence-corrected chi connectivity index (χ1v) is 30.7. The maximum absolute atomic E-state index is 13.2. The number of hydrogen-bond acceptors (Lipinski definition) is 10. The lowest BCUT2D eigenvalue weighted by atomic mass is 9.98. The van der Waals surface area contributed by atoms with Gasteiger partial charge in [-0.05, 0) is 64.2 Å². The van der Waals surface area contributed by atoms with Crippen LogP contribution in [0.15, 0.2) is 24.3 Å². The Morgan fingerprint density at radius 2 is 0.819 bits per heavy atom. The molecule has 1 fully saturated rings. The molecule has 11 heteroatoms. The molecule has 426 valence electrons. The molecule has 1 heterocycles. The summed E-state index contributed by atoms with van der Waals surface area (Å²) in [7, 11) is 0. The van der Waals surface area contributed by atoms with Crippen molar-refractivity contribution >= 4 is 5.91 Å². The third kappa shape index (κ3) is 38.2. The molecule has 1 aliphatic heterocycles. The third-order valence-corrected chi connectivity index (χ3v) is 15.0. The molecule has 9 atom stereocenters. The molecule has 8 N–H and O–H groups in total. The lowest BCUT2D eigenvalue weighted by molar-refractivity contribution is -0.303. The number of ether oxygens (including phenoxy) is 2. The molecular formula is C61H117NO10. The average molecular weight is 1020 g/mol. The van der Waals surface area contributed by atoms with Crippen LogP contribution in [-0.4, -0.2) is 110 Å². The largest absolute Gasteiger partial charge is 0.394 e. The normalized spacial score (nSPS) is 20.2. The van der Waals surface area contributed by atoms with Gasteiger partial charge in [-0.15, -0.1) is 0 Å². The minimum Gasteiger partial charge on any atom is -0.394 e. The van der Waals surface area contributed by atoms with Crippen LogP contribution in [0.2, 0.25) is 0 Å². The Morgan fingerprint density at radius 3 is 1.19 bits per heavy atom. The van der Waals surface area contributed by atoms with Gasteiger partial charge >= 0.3 is 0 Å². The summed E-state index contributed by atoms with van der Waals surface area (Å²) in [5, 5.41) is 76.2. The van der Waals surface area contributed by atoms with E-state index in [2.05, 4.69) is 43.5 Å². The molecule has 0 saturated carbocycles. The van der Waals surface area contributed by atoms with Crippen molar-refractivity contribution in [3.63, 3.8) is 0 Å². The third-order valence-electron chi connectivity index (χ3n) is 15.0. The number of rotatable bonds is 53. The van der Waals surface area contributed by atoms with E-state index in [4.69, 9.17) is 9.47 Å². The highest BCUT2D eigenvalue weighted by Gasteiger charge is 2.44. The van der Waals surface area contributed by atoms with Gasteiger partial charge in [0.1, 0.15) is 36.6 Å². The van der Waals surface area contributed by atoms with Gasteiger partial charge in [-0.25, -0.2) is 0 Å². The summed E-state index contributed by atoms with van der Waals surface area (Å²) in [5.74, 6) is -0.707. The van der Waals surface area contributed by atoms with Crippen LogP contribution in [0.3, 0.4) is 0 Å². The fraction of sp³-hybridized carbons (Fsp3) is 0.918. The van der Waals surface area contributed by atoms with Crippen molar-refractivity contribution in [1.29, 1.82) is 0 Å². The highest BCUT2D eigenvalue weighted by atomic mass is 16.7. The highest BCUT2D eigenvalue weighted by molar-refractivity contribution is 5.80. The zero-order chi connectivity index (χ0) is 52.5. The molecule has 0 bridgehead atoms. The molecule has 0 aromatic heterocycles. The minimum absolute atomic E-state index is 0.248. The predicted molar refractivity (Wildman–Crippen MR) is 298 cm³/mol. The van der Waals surface area contributed by atoms with Crippen molar-refractivity contribution in [2.75, 3.05) is 13.2 Å². The molecule has 1 aliphatic rings. The van der Waals surface area contributed by atoms with Gasteiger partial charge in [-0.2, -0.15) is 0 Å². The number of amides is 1. The number of carbonyl (C=O) groups excluding carboxylic acids is 1. The number of aliphatic hydroxyl groups excluding tert-OH is 7.